The first-order valence-electron chi connectivity index (χ1n) is 7.49. The molecule has 110 valence electrons. The van der Waals surface area contributed by atoms with Crippen molar-refractivity contribution >= 4 is 22.6 Å². The molecule has 0 unspecified atom stereocenters. The lowest BCUT2D eigenvalue weighted by Gasteiger charge is -2.25. The number of ketones is 1. The zero-order valence-corrected chi connectivity index (χ0v) is 12.6. The average molecular weight is 284 g/mol. The lowest BCUT2D eigenvalue weighted by molar-refractivity contribution is -0.127. The van der Waals surface area contributed by atoms with Gasteiger partial charge in [-0.2, -0.15) is 0 Å². The van der Waals surface area contributed by atoms with Gasteiger partial charge in [0, 0.05) is 36.7 Å². The molecule has 0 spiro atoms. The van der Waals surface area contributed by atoms with Crippen LogP contribution in [0.5, 0.6) is 0 Å². The van der Waals surface area contributed by atoms with Crippen LogP contribution in [0.2, 0.25) is 0 Å². The SMILES string of the molecule is Cc1c(C(=O)C(=O)N2CCCCC2)c2ccccc2n1C. The molecule has 4 nitrogen and oxygen atoms in total. The highest BCUT2D eigenvalue weighted by atomic mass is 16.2. The molecular formula is C17H20N2O2. The molecule has 2 aromatic rings. The summed E-state index contributed by atoms with van der Waals surface area (Å²) >= 11 is 0. The van der Waals surface area contributed by atoms with Crippen LogP contribution in [0.25, 0.3) is 10.9 Å². The summed E-state index contributed by atoms with van der Waals surface area (Å²) in [7, 11) is 1.93. The molecule has 21 heavy (non-hydrogen) atoms. The Morgan fingerprint density at radius 3 is 2.43 bits per heavy atom. The zero-order valence-electron chi connectivity index (χ0n) is 12.6. The number of Topliss-reactive ketones (excluding diaryl/α,β-unsaturated/α-hetero) is 1. The second-order valence-corrected chi connectivity index (χ2v) is 5.72. The van der Waals surface area contributed by atoms with Crippen molar-refractivity contribution < 1.29 is 9.59 Å². The third-order valence-corrected chi connectivity index (χ3v) is 4.46. The third-order valence-electron chi connectivity index (χ3n) is 4.46. The quantitative estimate of drug-likeness (QED) is 0.628. The minimum atomic E-state index is -0.369. The van der Waals surface area contributed by atoms with Crippen molar-refractivity contribution in [3.8, 4) is 0 Å². The Labute approximate surface area is 124 Å². The molecule has 1 aliphatic rings. The zero-order chi connectivity index (χ0) is 15.0. The van der Waals surface area contributed by atoms with E-state index >= 15 is 0 Å². The number of fused-ring (bicyclic) bond motifs is 1. The molecule has 1 aromatic carbocycles. The molecule has 0 aliphatic carbocycles. The Bertz CT molecular complexity index is 709. The number of carbonyl (C=O) groups is 2. The summed E-state index contributed by atoms with van der Waals surface area (Å²) in [4.78, 5) is 26.9. The number of rotatable bonds is 2. The number of aromatic nitrogens is 1. The van der Waals surface area contributed by atoms with E-state index in [2.05, 4.69) is 0 Å². The largest absolute Gasteiger partial charge is 0.347 e. The van der Waals surface area contributed by atoms with Crippen molar-refractivity contribution in [1.82, 2.24) is 9.47 Å². The summed E-state index contributed by atoms with van der Waals surface area (Å²) in [6.07, 6.45) is 3.13. The van der Waals surface area contributed by atoms with E-state index in [1.807, 2.05) is 42.8 Å². The highest BCUT2D eigenvalue weighted by Crippen LogP contribution is 2.26. The van der Waals surface area contributed by atoms with Gasteiger partial charge >= 0.3 is 0 Å². The van der Waals surface area contributed by atoms with Gasteiger partial charge in [0.15, 0.2) is 0 Å². The van der Waals surface area contributed by atoms with Gasteiger partial charge in [0.25, 0.3) is 11.7 Å². The van der Waals surface area contributed by atoms with Gasteiger partial charge in [0.05, 0.1) is 5.56 Å². The number of nitrogens with zero attached hydrogens (tertiary/aromatic N) is 2. The van der Waals surface area contributed by atoms with E-state index in [0.717, 1.165) is 35.9 Å². The van der Waals surface area contributed by atoms with Crippen LogP contribution >= 0.6 is 0 Å². The summed E-state index contributed by atoms with van der Waals surface area (Å²) in [5.41, 5.74) is 2.40. The maximum Gasteiger partial charge on any atom is 0.295 e. The Hall–Kier alpha value is -2.10. The van der Waals surface area contributed by atoms with Gasteiger partial charge in [-0.25, -0.2) is 0 Å². The maximum atomic E-state index is 12.7. The van der Waals surface area contributed by atoms with Gasteiger partial charge in [0.2, 0.25) is 0 Å². The number of hydrogen-bond donors (Lipinski definition) is 0. The molecule has 2 heterocycles. The molecule has 1 fully saturated rings. The normalized spacial score (nSPS) is 15.4. The van der Waals surface area contributed by atoms with Gasteiger partial charge in [-0.05, 0) is 32.3 Å². The lowest BCUT2D eigenvalue weighted by atomic mass is 10.0. The summed E-state index contributed by atoms with van der Waals surface area (Å²) in [6, 6.07) is 7.75. The number of benzene rings is 1. The monoisotopic (exact) mass is 284 g/mol. The number of hydrogen-bond acceptors (Lipinski definition) is 2. The van der Waals surface area contributed by atoms with Crippen molar-refractivity contribution in [2.24, 2.45) is 7.05 Å². The summed E-state index contributed by atoms with van der Waals surface area (Å²) < 4.78 is 1.98. The summed E-state index contributed by atoms with van der Waals surface area (Å²) in [6.45, 7) is 3.31. The van der Waals surface area contributed by atoms with Crippen LogP contribution in [0.4, 0.5) is 0 Å². The second-order valence-electron chi connectivity index (χ2n) is 5.72. The van der Waals surface area contributed by atoms with Crippen LogP contribution in [0.3, 0.4) is 0 Å². The number of amides is 1. The van der Waals surface area contributed by atoms with Crippen molar-refractivity contribution in [2.75, 3.05) is 13.1 Å². The number of carbonyl (C=O) groups excluding carboxylic acids is 2. The van der Waals surface area contributed by atoms with Crippen LogP contribution in [0.15, 0.2) is 24.3 Å². The molecule has 0 atom stereocenters. The van der Waals surface area contributed by atoms with Gasteiger partial charge in [-0.1, -0.05) is 18.2 Å². The summed E-state index contributed by atoms with van der Waals surface area (Å²) in [5.74, 6) is -0.722. The maximum absolute atomic E-state index is 12.7. The van der Waals surface area contributed by atoms with E-state index in [9.17, 15) is 9.59 Å². The van der Waals surface area contributed by atoms with Crippen LogP contribution in [-0.2, 0) is 11.8 Å². The van der Waals surface area contributed by atoms with Crippen molar-refractivity contribution in [3.05, 3.63) is 35.5 Å². The Kier molecular flexibility index (Phi) is 3.53. The van der Waals surface area contributed by atoms with Crippen LogP contribution < -0.4 is 0 Å². The number of piperidine rings is 1. The Morgan fingerprint density at radius 1 is 1.05 bits per heavy atom. The molecule has 4 heteroatoms. The molecule has 1 saturated heterocycles. The average Bonchev–Trinajstić information content (AvgIpc) is 2.79. The second kappa shape index (κ2) is 5.35. The first-order valence-corrected chi connectivity index (χ1v) is 7.49. The fraction of sp³-hybridized carbons (Fsp3) is 0.412. The van der Waals surface area contributed by atoms with E-state index in [0.29, 0.717) is 18.7 Å². The molecule has 1 aliphatic heterocycles. The predicted octanol–water partition coefficient (Wildman–Crippen LogP) is 2.68. The van der Waals surface area contributed by atoms with Crippen molar-refractivity contribution in [1.29, 1.82) is 0 Å². The van der Waals surface area contributed by atoms with E-state index in [1.165, 1.54) is 0 Å². The smallest absolute Gasteiger partial charge is 0.295 e. The van der Waals surface area contributed by atoms with E-state index in [1.54, 1.807) is 4.90 Å². The van der Waals surface area contributed by atoms with Crippen LogP contribution in [-0.4, -0.2) is 34.2 Å². The molecule has 0 radical (unpaired) electrons. The molecular weight excluding hydrogens is 264 g/mol. The van der Waals surface area contributed by atoms with E-state index in [4.69, 9.17) is 0 Å². The minimum Gasteiger partial charge on any atom is -0.347 e. The van der Waals surface area contributed by atoms with Crippen LogP contribution in [0, 0.1) is 6.92 Å². The Balaban J connectivity index is 2.01. The first-order chi connectivity index (χ1) is 10.1. The Morgan fingerprint density at radius 2 is 1.71 bits per heavy atom. The fourth-order valence-electron chi connectivity index (χ4n) is 3.15. The fourth-order valence-corrected chi connectivity index (χ4v) is 3.15. The van der Waals surface area contributed by atoms with Gasteiger partial charge < -0.3 is 9.47 Å². The molecule has 3 rings (SSSR count). The predicted molar refractivity (Wildman–Crippen MR) is 82.4 cm³/mol. The highest BCUT2D eigenvalue weighted by molar-refractivity contribution is 6.45. The number of para-hydroxylation sites is 1. The van der Waals surface area contributed by atoms with E-state index in [-0.39, 0.29) is 11.7 Å². The van der Waals surface area contributed by atoms with Crippen molar-refractivity contribution in [2.45, 2.75) is 26.2 Å². The molecule has 0 N–H and O–H groups in total. The van der Waals surface area contributed by atoms with Gasteiger partial charge in [-0.3, -0.25) is 9.59 Å². The third kappa shape index (κ3) is 2.24. The standard InChI is InChI=1S/C17H20N2O2/c1-12-15(13-8-4-5-9-14(13)18(12)2)16(20)17(21)19-10-6-3-7-11-19/h4-5,8-9H,3,6-7,10-11H2,1-2H3. The van der Waals surface area contributed by atoms with E-state index < -0.39 is 0 Å². The summed E-state index contributed by atoms with van der Waals surface area (Å²) in [5, 5.41) is 0.868. The molecule has 1 aromatic heterocycles. The van der Waals surface area contributed by atoms with Gasteiger partial charge in [0.1, 0.15) is 0 Å². The minimum absolute atomic E-state index is 0.353. The molecule has 1 amide bonds. The first kappa shape index (κ1) is 13.9. The number of aryl methyl sites for hydroxylation is 1. The van der Waals surface area contributed by atoms with Gasteiger partial charge in [-0.15, -0.1) is 0 Å². The number of likely N-dealkylation sites (tertiary alicyclic amines) is 1. The van der Waals surface area contributed by atoms with Crippen molar-refractivity contribution in [3.63, 3.8) is 0 Å². The molecule has 0 bridgehead atoms. The topological polar surface area (TPSA) is 42.3 Å². The van der Waals surface area contributed by atoms with Crippen LogP contribution in [0.1, 0.15) is 35.3 Å². The molecule has 0 saturated carbocycles. The highest BCUT2D eigenvalue weighted by Gasteiger charge is 2.28. The lowest BCUT2D eigenvalue weighted by Crippen LogP contribution is -2.40.